The number of hydrogen-bond donors (Lipinski definition) is 1. The van der Waals surface area contributed by atoms with Crippen LogP contribution in [0.15, 0.2) is 48.6 Å². The maximum atomic E-state index is 14.5. The van der Waals surface area contributed by atoms with Crippen molar-refractivity contribution in [1.82, 2.24) is 9.80 Å². The number of ether oxygens (including phenoxy) is 1. The van der Waals surface area contributed by atoms with E-state index < -0.39 is 35.1 Å². The van der Waals surface area contributed by atoms with E-state index in [4.69, 9.17) is 16.3 Å². The minimum atomic E-state index is -1.35. The minimum absolute atomic E-state index is 0.128. The van der Waals surface area contributed by atoms with E-state index in [0.717, 1.165) is 6.42 Å². The lowest BCUT2D eigenvalue weighted by Crippen LogP contribution is -2.59. The predicted octanol–water partition coefficient (Wildman–Crippen LogP) is 3.04. The van der Waals surface area contributed by atoms with Gasteiger partial charge in [0.15, 0.2) is 0 Å². The van der Waals surface area contributed by atoms with Gasteiger partial charge in [-0.15, -0.1) is 0 Å². The van der Waals surface area contributed by atoms with Gasteiger partial charge in [-0.1, -0.05) is 56.7 Å². The van der Waals surface area contributed by atoms with Gasteiger partial charge in [0, 0.05) is 30.3 Å². The van der Waals surface area contributed by atoms with E-state index in [1.807, 2.05) is 52.0 Å². The van der Waals surface area contributed by atoms with Crippen LogP contribution in [0.5, 0.6) is 0 Å². The lowest BCUT2D eigenvalue weighted by atomic mass is 9.74. The first-order valence-electron chi connectivity index (χ1n) is 13.4. The molecule has 1 aromatic rings. The fraction of sp³-hybridized carbons (Fsp3) is 0.552. The van der Waals surface area contributed by atoms with E-state index in [9.17, 15) is 19.5 Å². The highest BCUT2D eigenvalue weighted by Gasteiger charge is 2.75. The number of amides is 3. The fourth-order valence-electron chi connectivity index (χ4n) is 6.81. The summed E-state index contributed by atoms with van der Waals surface area (Å²) in [5.41, 5.74) is -1.77. The van der Waals surface area contributed by atoms with Crippen LogP contribution in [-0.2, 0) is 19.1 Å². The third-order valence-corrected chi connectivity index (χ3v) is 8.78. The summed E-state index contributed by atoms with van der Waals surface area (Å²) < 4.78 is 6.84. The molecule has 6 atom stereocenters. The van der Waals surface area contributed by atoms with Gasteiger partial charge in [0.2, 0.25) is 11.8 Å². The predicted molar refractivity (Wildman–Crippen MR) is 145 cm³/mol. The number of anilines is 1. The van der Waals surface area contributed by atoms with Crippen molar-refractivity contribution in [3.05, 3.63) is 53.6 Å². The molecular weight excluding hydrogens is 506 g/mol. The van der Waals surface area contributed by atoms with Crippen LogP contribution in [-0.4, -0.2) is 82.2 Å². The number of rotatable bonds is 6. The van der Waals surface area contributed by atoms with Crippen LogP contribution < -0.4 is 4.90 Å². The molecule has 4 aliphatic rings. The number of fused-ring (bicyclic) bond motifs is 2. The summed E-state index contributed by atoms with van der Waals surface area (Å²) in [4.78, 5) is 47.8. The van der Waals surface area contributed by atoms with Crippen LogP contribution in [0.2, 0.25) is 5.02 Å². The molecule has 38 heavy (non-hydrogen) atoms. The fourth-order valence-corrected chi connectivity index (χ4v) is 6.94. The normalized spacial score (nSPS) is 33.4. The molecular formula is C29H36ClN3O5. The number of carbonyl (C=O) groups is 3. The zero-order valence-corrected chi connectivity index (χ0v) is 23.1. The molecule has 0 bridgehead atoms. The molecule has 1 aromatic carbocycles. The first-order valence-corrected chi connectivity index (χ1v) is 13.8. The molecule has 1 unspecified atom stereocenters. The molecule has 8 nitrogen and oxygen atoms in total. The van der Waals surface area contributed by atoms with Crippen molar-refractivity contribution in [2.24, 2.45) is 17.8 Å². The van der Waals surface area contributed by atoms with Gasteiger partial charge in [0.05, 0.1) is 30.1 Å². The van der Waals surface area contributed by atoms with Crippen molar-refractivity contribution < 1.29 is 24.2 Å². The van der Waals surface area contributed by atoms with Crippen LogP contribution >= 0.6 is 11.6 Å². The molecule has 1 spiro atoms. The van der Waals surface area contributed by atoms with Gasteiger partial charge in [-0.2, -0.15) is 0 Å². The summed E-state index contributed by atoms with van der Waals surface area (Å²) in [6, 6.07) is 5.32. The van der Waals surface area contributed by atoms with Crippen molar-refractivity contribution in [1.29, 1.82) is 0 Å². The number of aliphatic hydroxyl groups excluding tert-OH is 1. The monoisotopic (exact) mass is 541 g/mol. The average molecular weight is 542 g/mol. The standard InChI is InChI=1S/C29H36ClN3O5/c1-5-14-31-15-6-12-28(4)22(25(31)35)23-26(36)33(21(17-34)18(2)3)24-27(37)32(16-7-13-29(23,24)38-28)20-10-8-19(30)9-11-20/h6-13,18,21-24,34H,5,14-17H2,1-4H3/t21-,22-,23-,24?,28+,29-/m0/s1. The summed E-state index contributed by atoms with van der Waals surface area (Å²) >= 11 is 6.10. The molecule has 4 heterocycles. The zero-order chi connectivity index (χ0) is 27.4. The summed E-state index contributed by atoms with van der Waals surface area (Å²) in [7, 11) is 0. The van der Waals surface area contributed by atoms with E-state index in [1.165, 1.54) is 4.90 Å². The Labute approximate surface area is 228 Å². The van der Waals surface area contributed by atoms with Crippen molar-refractivity contribution in [2.75, 3.05) is 31.1 Å². The van der Waals surface area contributed by atoms with Gasteiger partial charge >= 0.3 is 0 Å². The average Bonchev–Trinajstić information content (AvgIpc) is 3.14. The number of aliphatic hydroxyl groups is 1. The minimum Gasteiger partial charge on any atom is -0.394 e. The van der Waals surface area contributed by atoms with Gasteiger partial charge in [-0.05, 0) is 43.5 Å². The number of hydrogen-bond acceptors (Lipinski definition) is 5. The van der Waals surface area contributed by atoms with E-state index >= 15 is 0 Å². The summed E-state index contributed by atoms with van der Waals surface area (Å²) in [5, 5.41) is 11.0. The first kappa shape index (κ1) is 26.9. The summed E-state index contributed by atoms with van der Waals surface area (Å²) in [6.07, 6.45) is 8.28. The largest absolute Gasteiger partial charge is 0.394 e. The Balaban J connectivity index is 1.68. The summed E-state index contributed by atoms with van der Waals surface area (Å²) in [6.45, 7) is 8.67. The third kappa shape index (κ3) is 3.91. The first-order chi connectivity index (χ1) is 18.1. The number of carbonyl (C=O) groups excluding carboxylic acids is 3. The number of halogens is 1. The molecule has 5 rings (SSSR count). The third-order valence-electron chi connectivity index (χ3n) is 8.52. The highest BCUT2D eigenvalue weighted by molar-refractivity contribution is 6.30. The van der Waals surface area contributed by atoms with Crippen molar-refractivity contribution in [2.45, 2.75) is 57.4 Å². The van der Waals surface area contributed by atoms with E-state index in [0.29, 0.717) is 23.8 Å². The molecule has 2 saturated heterocycles. The maximum Gasteiger partial charge on any atom is 0.253 e. The Morgan fingerprint density at radius 2 is 1.71 bits per heavy atom. The van der Waals surface area contributed by atoms with Gasteiger partial charge in [-0.25, -0.2) is 0 Å². The Kier molecular flexibility index (Phi) is 6.95. The number of benzene rings is 1. The smallest absolute Gasteiger partial charge is 0.253 e. The Bertz CT molecular complexity index is 1180. The van der Waals surface area contributed by atoms with Crippen LogP contribution in [0.3, 0.4) is 0 Å². The van der Waals surface area contributed by atoms with E-state index in [1.54, 1.807) is 34.1 Å². The molecule has 204 valence electrons. The Morgan fingerprint density at radius 1 is 1.03 bits per heavy atom. The Morgan fingerprint density at radius 3 is 2.34 bits per heavy atom. The van der Waals surface area contributed by atoms with Crippen molar-refractivity contribution >= 4 is 35.0 Å². The van der Waals surface area contributed by atoms with E-state index in [2.05, 4.69) is 0 Å². The number of nitrogens with zero attached hydrogens (tertiary/aromatic N) is 3. The van der Waals surface area contributed by atoms with E-state index in [-0.39, 0.29) is 36.8 Å². The molecule has 0 aromatic heterocycles. The quantitative estimate of drug-likeness (QED) is 0.559. The topological polar surface area (TPSA) is 90.4 Å². The second kappa shape index (κ2) is 9.81. The van der Waals surface area contributed by atoms with Crippen molar-refractivity contribution in [3.63, 3.8) is 0 Å². The second-order valence-corrected chi connectivity index (χ2v) is 11.7. The Hall–Kier alpha value is -2.68. The highest BCUT2D eigenvalue weighted by atomic mass is 35.5. The van der Waals surface area contributed by atoms with Gasteiger partial charge < -0.3 is 24.5 Å². The van der Waals surface area contributed by atoms with Crippen LogP contribution in [0.4, 0.5) is 5.69 Å². The SMILES string of the molecule is CCCN1CC=C[C@@]2(C)O[C@]34C=CCN(c5ccc(Cl)cc5)C(=O)C3N([C@@H](CO)C(C)C)C(=O)[C@@H]4[C@H]2C1=O. The molecule has 0 saturated carbocycles. The zero-order valence-electron chi connectivity index (χ0n) is 22.3. The van der Waals surface area contributed by atoms with Crippen LogP contribution in [0, 0.1) is 17.8 Å². The van der Waals surface area contributed by atoms with Gasteiger partial charge in [0.25, 0.3) is 5.91 Å². The lowest BCUT2D eigenvalue weighted by molar-refractivity contribution is -0.152. The number of likely N-dealkylation sites (tertiary alicyclic amines) is 1. The van der Waals surface area contributed by atoms with Crippen LogP contribution in [0.1, 0.15) is 34.1 Å². The molecule has 9 heteroatoms. The molecule has 0 radical (unpaired) electrons. The molecule has 0 aliphatic carbocycles. The van der Waals surface area contributed by atoms with Gasteiger partial charge in [0.1, 0.15) is 11.6 Å². The van der Waals surface area contributed by atoms with Gasteiger partial charge in [-0.3, -0.25) is 14.4 Å². The molecule has 2 fully saturated rings. The van der Waals surface area contributed by atoms with Crippen LogP contribution in [0.25, 0.3) is 0 Å². The molecule has 3 amide bonds. The molecule has 1 N–H and O–H groups in total. The highest BCUT2D eigenvalue weighted by Crippen LogP contribution is 2.58. The van der Waals surface area contributed by atoms with Crippen molar-refractivity contribution in [3.8, 4) is 0 Å². The summed E-state index contributed by atoms with van der Waals surface area (Å²) in [5.74, 6) is -2.60. The second-order valence-electron chi connectivity index (χ2n) is 11.3. The maximum absolute atomic E-state index is 14.5. The molecule has 4 aliphatic heterocycles. The lowest BCUT2D eigenvalue weighted by Gasteiger charge is -2.41.